The first-order valence-electron chi connectivity index (χ1n) is 12.9. The van der Waals surface area contributed by atoms with Crippen LogP contribution in [0, 0.1) is 23.2 Å². The Kier molecular flexibility index (Phi) is 8.03. The summed E-state index contributed by atoms with van der Waals surface area (Å²) in [6.45, 7) is 10.2. The Bertz CT molecular complexity index is 820. The Morgan fingerprint density at radius 2 is 1.91 bits per heavy atom. The van der Waals surface area contributed by atoms with E-state index < -0.39 is 36.5 Å². The Labute approximate surface area is 207 Å². The van der Waals surface area contributed by atoms with Crippen LogP contribution in [0.15, 0.2) is 0 Å². The molecule has 1 saturated carbocycles. The molecule has 35 heavy (non-hydrogen) atoms. The summed E-state index contributed by atoms with van der Waals surface area (Å²) in [5, 5.41) is 12.8. The summed E-state index contributed by atoms with van der Waals surface area (Å²) in [6.07, 6.45) is 1.51. The minimum absolute atomic E-state index is 0.124. The van der Waals surface area contributed by atoms with Crippen LogP contribution in [0.1, 0.15) is 59.8 Å². The van der Waals surface area contributed by atoms with E-state index in [4.69, 9.17) is 23.7 Å². The van der Waals surface area contributed by atoms with Crippen molar-refractivity contribution in [3.05, 3.63) is 0 Å². The van der Waals surface area contributed by atoms with Gasteiger partial charge in [0.2, 0.25) is 0 Å². The van der Waals surface area contributed by atoms with Gasteiger partial charge in [0, 0.05) is 18.0 Å². The van der Waals surface area contributed by atoms with Crippen molar-refractivity contribution in [1.29, 1.82) is 5.26 Å². The molecule has 4 aliphatic rings. The standard InChI is InChI=1S/C25H39N3O7/c1-5-31-23(30)33-20-19(32-22-21(20)34-24(2,3)35-22)15-28-11-9-25(4,10-12-28)27-14-18(29)17-8-6-7-16(17)13-26/h16-17,19-22,27H,5-12,14-15H2,1-4H3/t16-,17?,19+,20-,21+,22+/m0/s1. The van der Waals surface area contributed by atoms with Crippen molar-refractivity contribution in [1.82, 2.24) is 10.2 Å². The number of piperidine rings is 1. The van der Waals surface area contributed by atoms with Gasteiger partial charge in [-0.1, -0.05) is 6.42 Å². The summed E-state index contributed by atoms with van der Waals surface area (Å²) in [6, 6.07) is 2.30. The number of ketones is 1. The highest BCUT2D eigenvalue weighted by atomic mass is 16.8. The van der Waals surface area contributed by atoms with Crippen LogP contribution in [0.5, 0.6) is 0 Å². The SMILES string of the molecule is CCOC(=O)O[C@@H]1[C@H]2OC(C)(C)O[C@H]2O[C@@H]1CN1CCC(C)(NCC(=O)C2CCC[C@H]2C#N)CC1. The molecule has 0 aromatic rings. The molecule has 0 aromatic heterocycles. The van der Waals surface area contributed by atoms with Gasteiger partial charge < -0.3 is 33.9 Å². The van der Waals surface area contributed by atoms with Crippen molar-refractivity contribution >= 4 is 11.9 Å². The lowest BCUT2D eigenvalue weighted by atomic mass is 9.88. The molecule has 6 atom stereocenters. The number of nitriles is 1. The zero-order valence-corrected chi connectivity index (χ0v) is 21.3. The summed E-state index contributed by atoms with van der Waals surface area (Å²) >= 11 is 0. The van der Waals surface area contributed by atoms with Crippen LogP contribution >= 0.6 is 0 Å². The quantitative estimate of drug-likeness (QED) is 0.505. The highest BCUT2D eigenvalue weighted by molar-refractivity contribution is 5.84. The second kappa shape index (κ2) is 10.7. The fourth-order valence-electron chi connectivity index (χ4n) is 5.69. The molecule has 0 amide bonds. The monoisotopic (exact) mass is 493 g/mol. The molecule has 10 nitrogen and oxygen atoms in total. The molecule has 4 rings (SSSR count). The van der Waals surface area contributed by atoms with Crippen molar-refractivity contribution in [3.63, 3.8) is 0 Å². The molecule has 0 spiro atoms. The minimum atomic E-state index is -0.807. The maximum absolute atomic E-state index is 12.7. The summed E-state index contributed by atoms with van der Waals surface area (Å²) in [7, 11) is 0. The molecule has 1 N–H and O–H groups in total. The number of ether oxygens (including phenoxy) is 5. The topological polar surface area (TPSA) is 119 Å². The third kappa shape index (κ3) is 6.15. The van der Waals surface area contributed by atoms with E-state index in [1.807, 2.05) is 13.8 Å². The second-order valence-electron chi connectivity index (χ2n) is 10.9. The lowest BCUT2D eigenvalue weighted by Crippen LogP contribution is -2.54. The van der Waals surface area contributed by atoms with E-state index in [1.165, 1.54) is 0 Å². The van der Waals surface area contributed by atoms with E-state index >= 15 is 0 Å². The van der Waals surface area contributed by atoms with Crippen molar-refractivity contribution in [2.45, 2.75) is 95.7 Å². The van der Waals surface area contributed by atoms with Crippen LogP contribution in [0.2, 0.25) is 0 Å². The Balaban J connectivity index is 1.28. The van der Waals surface area contributed by atoms with Gasteiger partial charge in [0.1, 0.15) is 6.10 Å². The first-order valence-corrected chi connectivity index (χ1v) is 12.9. The number of rotatable bonds is 8. The van der Waals surface area contributed by atoms with Crippen LogP contribution in [0.4, 0.5) is 4.79 Å². The van der Waals surface area contributed by atoms with E-state index in [1.54, 1.807) is 6.92 Å². The van der Waals surface area contributed by atoms with Gasteiger partial charge in [-0.2, -0.15) is 5.26 Å². The predicted molar refractivity (Wildman–Crippen MR) is 124 cm³/mol. The van der Waals surface area contributed by atoms with E-state index in [9.17, 15) is 14.9 Å². The number of carbonyl (C=O) groups excluding carboxylic acids is 2. The molecular formula is C25H39N3O7. The molecule has 3 aliphatic heterocycles. The zero-order chi connectivity index (χ0) is 25.2. The third-order valence-electron chi connectivity index (χ3n) is 7.76. The number of nitrogens with zero attached hydrogens (tertiary/aromatic N) is 2. The van der Waals surface area contributed by atoms with Crippen LogP contribution in [0.3, 0.4) is 0 Å². The molecule has 0 radical (unpaired) electrons. The number of fused-ring (bicyclic) bond motifs is 1. The molecule has 10 heteroatoms. The normalized spacial score (nSPS) is 35.9. The Hall–Kier alpha value is -1.77. The van der Waals surface area contributed by atoms with Gasteiger partial charge in [-0.3, -0.25) is 4.79 Å². The summed E-state index contributed by atoms with van der Waals surface area (Å²) in [5.74, 6) is -0.905. The predicted octanol–water partition coefficient (Wildman–Crippen LogP) is 2.36. The highest BCUT2D eigenvalue weighted by Gasteiger charge is 2.57. The van der Waals surface area contributed by atoms with Crippen molar-refractivity contribution in [2.24, 2.45) is 11.8 Å². The van der Waals surface area contributed by atoms with Crippen LogP contribution in [0.25, 0.3) is 0 Å². The van der Waals surface area contributed by atoms with Gasteiger partial charge in [0.15, 0.2) is 30.1 Å². The van der Waals surface area contributed by atoms with Gasteiger partial charge in [-0.15, -0.1) is 0 Å². The molecule has 0 bridgehead atoms. The van der Waals surface area contributed by atoms with Gasteiger partial charge in [-0.05, 0) is 66.5 Å². The van der Waals surface area contributed by atoms with Crippen molar-refractivity contribution in [2.75, 3.05) is 32.8 Å². The van der Waals surface area contributed by atoms with Crippen LogP contribution < -0.4 is 5.32 Å². The van der Waals surface area contributed by atoms with Crippen LogP contribution in [-0.2, 0) is 28.5 Å². The Morgan fingerprint density at radius 3 is 2.60 bits per heavy atom. The van der Waals surface area contributed by atoms with E-state index in [0.717, 1.165) is 45.2 Å². The maximum atomic E-state index is 12.7. The summed E-state index contributed by atoms with van der Waals surface area (Å²) < 4.78 is 28.5. The smallest absolute Gasteiger partial charge is 0.435 e. The van der Waals surface area contributed by atoms with Crippen molar-refractivity contribution in [3.8, 4) is 6.07 Å². The molecule has 1 aliphatic carbocycles. The second-order valence-corrected chi connectivity index (χ2v) is 10.9. The first kappa shape index (κ1) is 26.3. The molecule has 3 saturated heterocycles. The fourth-order valence-corrected chi connectivity index (χ4v) is 5.69. The highest BCUT2D eigenvalue weighted by Crippen LogP contribution is 2.39. The van der Waals surface area contributed by atoms with Gasteiger partial charge in [0.05, 0.1) is 25.1 Å². The van der Waals surface area contributed by atoms with Crippen LogP contribution in [-0.4, -0.2) is 85.6 Å². The van der Waals surface area contributed by atoms with E-state index in [2.05, 4.69) is 23.2 Å². The summed E-state index contributed by atoms with van der Waals surface area (Å²) in [4.78, 5) is 27.0. The maximum Gasteiger partial charge on any atom is 0.508 e. The zero-order valence-electron chi connectivity index (χ0n) is 21.3. The molecular weight excluding hydrogens is 454 g/mol. The number of hydrogen-bond acceptors (Lipinski definition) is 10. The first-order chi connectivity index (χ1) is 16.6. The molecule has 1 unspecified atom stereocenters. The third-order valence-corrected chi connectivity index (χ3v) is 7.76. The Morgan fingerprint density at radius 1 is 1.17 bits per heavy atom. The van der Waals surface area contributed by atoms with Gasteiger partial charge >= 0.3 is 6.16 Å². The number of likely N-dealkylation sites (tertiary alicyclic amines) is 1. The van der Waals surface area contributed by atoms with E-state index in [0.29, 0.717) is 13.1 Å². The average molecular weight is 494 g/mol. The largest absolute Gasteiger partial charge is 0.508 e. The van der Waals surface area contributed by atoms with Gasteiger partial charge in [0.25, 0.3) is 0 Å². The molecule has 3 heterocycles. The minimum Gasteiger partial charge on any atom is -0.435 e. The number of carbonyl (C=O) groups is 2. The fraction of sp³-hybridized carbons (Fsp3) is 0.880. The average Bonchev–Trinajstić information content (AvgIpc) is 3.48. The lowest BCUT2D eigenvalue weighted by Gasteiger charge is -2.41. The number of hydrogen-bond donors (Lipinski definition) is 1. The molecule has 4 fully saturated rings. The van der Waals surface area contributed by atoms with E-state index in [-0.39, 0.29) is 29.8 Å². The van der Waals surface area contributed by atoms with Crippen molar-refractivity contribution < 1.29 is 33.3 Å². The number of Topliss-reactive ketones (excluding diaryl/α,β-unsaturated/α-hetero) is 1. The van der Waals surface area contributed by atoms with Gasteiger partial charge in [-0.25, -0.2) is 4.79 Å². The molecule has 196 valence electrons. The molecule has 0 aromatic carbocycles. The summed E-state index contributed by atoms with van der Waals surface area (Å²) in [5.41, 5.74) is -0.142. The lowest BCUT2D eigenvalue weighted by molar-refractivity contribution is -0.217. The number of nitrogens with one attached hydrogen (secondary N) is 1.